The van der Waals surface area contributed by atoms with E-state index >= 15 is 0 Å². The Balaban J connectivity index is 1.04. The van der Waals surface area contributed by atoms with Crippen molar-refractivity contribution in [1.82, 2.24) is 40.0 Å². The van der Waals surface area contributed by atoms with Gasteiger partial charge in [0, 0.05) is 62.3 Å². The topological polar surface area (TPSA) is 135 Å². The van der Waals surface area contributed by atoms with Gasteiger partial charge in [-0.3, -0.25) is 19.1 Å². The van der Waals surface area contributed by atoms with Gasteiger partial charge in [-0.05, 0) is 81.6 Å². The third-order valence-electron chi connectivity index (χ3n) is 12.6. The molecule has 1 saturated carbocycles. The van der Waals surface area contributed by atoms with Gasteiger partial charge in [0.1, 0.15) is 11.7 Å². The van der Waals surface area contributed by atoms with Gasteiger partial charge < -0.3 is 29.5 Å². The highest BCUT2D eigenvalue weighted by Gasteiger charge is 2.44. The van der Waals surface area contributed by atoms with E-state index < -0.39 is 29.8 Å². The number of alkyl halides is 3. The molecule has 8 rings (SSSR count). The minimum Gasteiger partial charge on any atom is -0.478 e. The van der Waals surface area contributed by atoms with Crippen LogP contribution in [0, 0.1) is 11.8 Å². The van der Waals surface area contributed by atoms with Gasteiger partial charge in [-0.1, -0.05) is 36.6 Å². The number of hydrogen-bond acceptors (Lipinski definition) is 9. The number of hydrogen-bond donors (Lipinski definition) is 1. The summed E-state index contributed by atoms with van der Waals surface area (Å²) in [7, 11) is 0. The molecule has 6 bridgehead atoms. The van der Waals surface area contributed by atoms with Crippen LogP contribution >= 0.6 is 0 Å². The van der Waals surface area contributed by atoms with Crippen LogP contribution in [0.15, 0.2) is 42.6 Å². The number of benzene rings is 1. The van der Waals surface area contributed by atoms with E-state index in [0.29, 0.717) is 37.2 Å². The second kappa shape index (κ2) is 17.7. The zero-order chi connectivity index (χ0) is 40.2. The summed E-state index contributed by atoms with van der Waals surface area (Å²) >= 11 is 0. The molecule has 4 fully saturated rings. The summed E-state index contributed by atoms with van der Waals surface area (Å²) in [5, 5.41) is 11.8. The van der Waals surface area contributed by atoms with Crippen molar-refractivity contribution in [3.8, 4) is 17.1 Å². The Labute approximate surface area is 336 Å². The molecule has 2 aromatic heterocycles. The van der Waals surface area contributed by atoms with Crippen molar-refractivity contribution in [2.45, 2.75) is 108 Å². The summed E-state index contributed by atoms with van der Waals surface area (Å²) < 4.78 is 56.6. The zero-order valence-electron chi connectivity index (χ0n) is 32.9. The number of piperidine rings is 2. The number of ether oxygens (including phenoxy) is 2. The number of nitrogens with zero attached hydrogens (tertiary/aromatic N) is 7. The largest absolute Gasteiger partial charge is 0.478 e. The number of amides is 3. The molecule has 312 valence electrons. The molecule has 4 atom stereocenters. The number of halogens is 3. The van der Waals surface area contributed by atoms with Crippen molar-refractivity contribution < 1.29 is 37.0 Å². The average molecular weight is 807 g/mol. The number of aromatic nitrogens is 4. The summed E-state index contributed by atoms with van der Waals surface area (Å²) in [6, 6.07) is 7.49. The molecule has 5 aliphatic rings. The van der Waals surface area contributed by atoms with Gasteiger partial charge in [-0.25, -0.2) is 4.98 Å². The Hall–Kier alpha value is -4.57. The number of rotatable bonds is 9. The summed E-state index contributed by atoms with van der Waals surface area (Å²) in [4.78, 5) is 52.4. The average Bonchev–Trinajstić information content (AvgIpc) is 4.01. The molecule has 6 heterocycles. The van der Waals surface area contributed by atoms with Crippen LogP contribution in [0.2, 0.25) is 0 Å². The molecule has 13 nitrogen and oxygen atoms in total. The van der Waals surface area contributed by atoms with Crippen molar-refractivity contribution in [2.24, 2.45) is 11.8 Å². The molecular weight excluding hydrogens is 754 g/mol. The molecule has 1 N–H and O–H groups in total. The molecule has 1 aromatic carbocycles. The summed E-state index contributed by atoms with van der Waals surface area (Å²) in [5.74, 6) is -1.07. The Morgan fingerprint density at radius 3 is 2.55 bits per heavy atom. The molecule has 4 aliphatic heterocycles. The first kappa shape index (κ1) is 40.2. The van der Waals surface area contributed by atoms with Crippen molar-refractivity contribution in [3.63, 3.8) is 0 Å². The Morgan fingerprint density at radius 1 is 0.931 bits per heavy atom. The van der Waals surface area contributed by atoms with E-state index in [1.54, 1.807) is 23.1 Å². The molecular formula is C42H53F3N8O5. The molecule has 3 amide bonds. The van der Waals surface area contributed by atoms with Crippen LogP contribution in [0.3, 0.4) is 0 Å². The van der Waals surface area contributed by atoms with E-state index in [4.69, 9.17) is 9.47 Å². The van der Waals surface area contributed by atoms with E-state index in [1.165, 1.54) is 30.2 Å². The molecule has 0 unspecified atom stereocenters. The predicted molar refractivity (Wildman–Crippen MR) is 206 cm³/mol. The van der Waals surface area contributed by atoms with Crippen molar-refractivity contribution in [1.29, 1.82) is 0 Å². The highest BCUT2D eigenvalue weighted by molar-refractivity contribution is 5.99. The van der Waals surface area contributed by atoms with Crippen LogP contribution in [0.1, 0.15) is 92.2 Å². The maximum absolute atomic E-state index is 14.6. The van der Waals surface area contributed by atoms with Crippen molar-refractivity contribution in [2.75, 3.05) is 45.9 Å². The second-order valence-electron chi connectivity index (χ2n) is 16.7. The fourth-order valence-corrected chi connectivity index (χ4v) is 9.39. The van der Waals surface area contributed by atoms with E-state index in [9.17, 15) is 27.6 Å². The maximum atomic E-state index is 14.6. The van der Waals surface area contributed by atoms with Crippen LogP contribution in [0.5, 0.6) is 5.88 Å². The molecule has 3 saturated heterocycles. The number of likely N-dealkylation sites (tertiary alicyclic amines) is 1. The molecule has 0 spiro atoms. The highest BCUT2D eigenvalue weighted by atomic mass is 19.4. The Morgan fingerprint density at radius 2 is 1.74 bits per heavy atom. The molecule has 3 aromatic rings. The third-order valence-corrected chi connectivity index (χ3v) is 12.6. The van der Waals surface area contributed by atoms with Crippen LogP contribution in [-0.2, 0) is 33.7 Å². The standard InChI is InChI=1S/C42H53F3N8O5/c43-42(44,45)32-21-36-29-7-6-8-30(19-29)40(55)53-26-35(58-27-34-25-52(49-48-34)17-16-50-13-4-1-5-14-50)23-37(53)41(56)51-15-11-28(20-38(54)46-33-9-2-3-10-33)31(24-51)12-18-57-39(22-32)47-36/h6-8,19,21-22,25,28,31,33,35,37H,1-5,9-18,20,23-24,26-27H2,(H,46,54)/t28-,31-,35+,37-/m0/s1. The van der Waals surface area contributed by atoms with Gasteiger partial charge in [-0.2, -0.15) is 13.2 Å². The third kappa shape index (κ3) is 9.65. The number of fused-ring (bicyclic) bond motifs is 8. The maximum Gasteiger partial charge on any atom is 0.416 e. The van der Waals surface area contributed by atoms with Crippen LogP contribution in [-0.4, -0.2) is 116 Å². The number of pyridine rings is 1. The number of carbonyl (C=O) groups is 3. The lowest BCUT2D eigenvalue weighted by Crippen LogP contribution is -2.52. The quantitative estimate of drug-likeness (QED) is 0.304. The van der Waals surface area contributed by atoms with Gasteiger partial charge >= 0.3 is 6.18 Å². The van der Waals surface area contributed by atoms with E-state index in [2.05, 4.69) is 25.5 Å². The molecule has 0 radical (unpaired) electrons. The zero-order valence-corrected chi connectivity index (χ0v) is 32.9. The predicted octanol–water partition coefficient (Wildman–Crippen LogP) is 5.34. The minimum absolute atomic E-state index is 0.0103. The number of carbonyl (C=O) groups excluding carboxylic acids is 3. The van der Waals surface area contributed by atoms with E-state index in [1.807, 2.05) is 10.9 Å². The van der Waals surface area contributed by atoms with Gasteiger partial charge in [0.2, 0.25) is 17.7 Å². The van der Waals surface area contributed by atoms with E-state index in [-0.39, 0.29) is 79.4 Å². The minimum atomic E-state index is -4.66. The smallest absolute Gasteiger partial charge is 0.416 e. The van der Waals surface area contributed by atoms with Crippen molar-refractivity contribution in [3.05, 3.63) is 59.4 Å². The van der Waals surface area contributed by atoms with Crippen molar-refractivity contribution >= 4 is 17.7 Å². The fraction of sp³-hybridized carbons (Fsp3) is 0.619. The van der Waals surface area contributed by atoms with Gasteiger partial charge in [0.15, 0.2) is 0 Å². The van der Waals surface area contributed by atoms with Gasteiger partial charge in [0.25, 0.3) is 5.91 Å². The summed E-state index contributed by atoms with van der Waals surface area (Å²) in [5.41, 5.74) is 0.271. The summed E-state index contributed by atoms with van der Waals surface area (Å²) in [6.07, 6.45) is 6.07. The normalized spacial score (nSPS) is 24.8. The lowest BCUT2D eigenvalue weighted by molar-refractivity contribution is -0.139. The second-order valence-corrected chi connectivity index (χ2v) is 16.7. The van der Waals surface area contributed by atoms with Crippen LogP contribution in [0.25, 0.3) is 11.3 Å². The monoisotopic (exact) mass is 806 g/mol. The SMILES string of the molecule is O=C(C[C@@H]1CCN2C[C@@H]1CCOc1cc(C(F)(F)F)cc(n1)-c1cccc(c1)C(=O)N1C[C@H](OCc3cn(CCN4CCCCC4)nn3)C[C@H]1C2=O)NC1CCCC1. The highest BCUT2D eigenvalue weighted by Crippen LogP contribution is 2.36. The first-order valence-corrected chi connectivity index (χ1v) is 21.0. The first-order chi connectivity index (χ1) is 28.1. The van der Waals surface area contributed by atoms with Crippen LogP contribution < -0.4 is 10.1 Å². The van der Waals surface area contributed by atoms with Gasteiger partial charge in [0.05, 0.1) is 43.3 Å². The summed E-state index contributed by atoms with van der Waals surface area (Å²) in [6.45, 7) is 4.91. The lowest BCUT2D eigenvalue weighted by Gasteiger charge is -2.40. The fourth-order valence-electron chi connectivity index (χ4n) is 9.39. The Bertz CT molecular complexity index is 1930. The molecule has 58 heavy (non-hydrogen) atoms. The first-order valence-electron chi connectivity index (χ1n) is 21.0. The van der Waals surface area contributed by atoms with E-state index in [0.717, 1.165) is 64.0 Å². The van der Waals surface area contributed by atoms with Gasteiger partial charge in [-0.15, -0.1) is 5.10 Å². The van der Waals surface area contributed by atoms with Crippen LogP contribution in [0.4, 0.5) is 13.2 Å². The molecule has 16 heteroatoms. The Kier molecular flexibility index (Phi) is 12.3. The molecule has 1 aliphatic carbocycles. The number of nitrogens with one attached hydrogen (secondary N) is 1. The lowest BCUT2D eigenvalue weighted by atomic mass is 9.80.